The van der Waals surface area contributed by atoms with Gasteiger partial charge in [0.1, 0.15) is 10.3 Å². The number of rotatable bonds is 5. The van der Waals surface area contributed by atoms with Crippen LogP contribution in [0.1, 0.15) is 70.6 Å². The second kappa shape index (κ2) is 10.1. The third-order valence-electron chi connectivity index (χ3n) is 8.98. The van der Waals surface area contributed by atoms with Crippen LogP contribution in [-0.4, -0.2) is 33.7 Å². The molecule has 1 heterocycles. The van der Waals surface area contributed by atoms with Gasteiger partial charge in [0.2, 0.25) is 5.91 Å². The number of nitrogens with zero attached hydrogens (tertiary/aromatic N) is 1. The van der Waals surface area contributed by atoms with Gasteiger partial charge in [-0.25, -0.2) is 0 Å². The van der Waals surface area contributed by atoms with Gasteiger partial charge in [0.25, 0.3) is 5.91 Å². The van der Waals surface area contributed by atoms with Crippen LogP contribution in [0.15, 0.2) is 34.5 Å². The number of nitrogens with two attached hydrogens (primary N) is 1. The van der Waals surface area contributed by atoms with Gasteiger partial charge in [-0.05, 0) is 81.3 Å². The summed E-state index contributed by atoms with van der Waals surface area (Å²) in [6.07, 6.45) is 12.5. The van der Waals surface area contributed by atoms with Crippen LogP contribution in [0.4, 0.5) is 5.69 Å². The van der Waals surface area contributed by atoms with Crippen molar-refractivity contribution in [2.45, 2.75) is 87.5 Å². The van der Waals surface area contributed by atoms with E-state index in [0.29, 0.717) is 20.8 Å². The Morgan fingerprint density at radius 2 is 1.57 bits per heavy atom. The Kier molecular flexibility index (Phi) is 7.00. The van der Waals surface area contributed by atoms with Gasteiger partial charge in [0, 0.05) is 11.2 Å². The lowest BCUT2D eigenvalue weighted by atomic mass is 9.53. The Morgan fingerprint density at radius 3 is 2.16 bits per heavy atom. The van der Waals surface area contributed by atoms with Crippen LogP contribution in [0.5, 0.6) is 0 Å². The third kappa shape index (κ3) is 5.04. The standard InChI is InChI=1S/C28H34Cl2N4O2S/c29-19-7-4-8-20(30)23(19)33-25(35)21-22(31)24(37-27(21)32-18-5-2-1-3-6-18)26(36)34-28-12-15-9-16(13-28)11-17(10-15)14-28/h4,7-8,15-18,24H,1-3,5-6,9-14,31H2,(H,33,35)(H,34,36)/t15?,16?,17?,24-,28?/m1/s1. The average molecular weight is 562 g/mol. The molecule has 5 fully saturated rings. The van der Waals surface area contributed by atoms with E-state index in [1.54, 1.807) is 18.2 Å². The number of amides is 2. The van der Waals surface area contributed by atoms with E-state index < -0.39 is 11.2 Å². The lowest BCUT2D eigenvalue weighted by Crippen LogP contribution is -2.61. The van der Waals surface area contributed by atoms with E-state index in [9.17, 15) is 9.59 Å². The van der Waals surface area contributed by atoms with Crippen LogP contribution >= 0.6 is 35.0 Å². The Hall–Kier alpha value is -1.70. The second-order valence-electron chi connectivity index (χ2n) is 11.8. The van der Waals surface area contributed by atoms with Gasteiger partial charge < -0.3 is 16.4 Å². The number of carbonyl (C=O) groups is 2. The summed E-state index contributed by atoms with van der Waals surface area (Å²) in [5, 5.41) is 6.85. The lowest BCUT2D eigenvalue weighted by Gasteiger charge is -2.57. The van der Waals surface area contributed by atoms with Gasteiger partial charge in [-0.3, -0.25) is 14.6 Å². The Labute approximate surface area is 232 Å². The first-order valence-electron chi connectivity index (χ1n) is 13.6. The van der Waals surface area contributed by atoms with Crippen molar-refractivity contribution in [1.29, 1.82) is 0 Å². The highest BCUT2D eigenvalue weighted by atomic mass is 35.5. The summed E-state index contributed by atoms with van der Waals surface area (Å²) in [5.41, 5.74) is 7.36. The van der Waals surface area contributed by atoms with Crippen LogP contribution in [-0.2, 0) is 9.59 Å². The number of aliphatic imine (C=N–C) groups is 1. The summed E-state index contributed by atoms with van der Waals surface area (Å²) in [5.74, 6) is 1.64. The van der Waals surface area contributed by atoms with Crippen LogP contribution in [0.25, 0.3) is 0 Å². The second-order valence-corrected chi connectivity index (χ2v) is 13.7. The fraction of sp³-hybridized carbons (Fsp3) is 0.607. The first-order valence-corrected chi connectivity index (χ1v) is 15.3. The summed E-state index contributed by atoms with van der Waals surface area (Å²) in [6.45, 7) is 0. The zero-order valence-electron chi connectivity index (χ0n) is 20.9. The summed E-state index contributed by atoms with van der Waals surface area (Å²) in [7, 11) is 0. The topological polar surface area (TPSA) is 96.6 Å². The van der Waals surface area contributed by atoms with Crippen molar-refractivity contribution < 1.29 is 9.59 Å². The highest BCUT2D eigenvalue weighted by molar-refractivity contribution is 8.16. The molecule has 0 radical (unpaired) electrons. The van der Waals surface area contributed by atoms with Gasteiger partial charge in [0.05, 0.1) is 27.3 Å². The van der Waals surface area contributed by atoms with Crippen LogP contribution in [0, 0.1) is 17.8 Å². The van der Waals surface area contributed by atoms with Gasteiger partial charge in [-0.2, -0.15) is 0 Å². The number of anilines is 1. The number of benzene rings is 1. The van der Waals surface area contributed by atoms with Crippen molar-refractivity contribution in [3.8, 4) is 0 Å². The minimum Gasteiger partial charge on any atom is -0.400 e. The van der Waals surface area contributed by atoms with E-state index in [4.69, 9.17) is 33.9 Å². The normalized spacial score (nSPS) is 34.3. The number of halogens is 2. The van der Waals surface area contributed by atoms with Crippen LogP contribution in [0.3, 0.4) is 0 Å². The molecule has 37 heavy (non-hydrogen) atoms. The largest absolute Gasteiger partial charge is 0.400 e. The fourth-order valence-electron chi connectivity index (χ4n) is 7.77. The number of para-hydroxylation sites is 1. The first-order chi connectivity index (χ1) is 17.8. The van der Waals surface area contributed by atoms with Crippen molar-refractivity contribution in [3.63, 3.8) is 0 Å². The molecule has 0 saturated heterocycles. The Bertz CT molecular complexity index is 1120. The molecule has 9 heteroatoms. The number of hydrogen-bond donors (Lipinski definition) is 3. The molecule has 7 rings (SSSR count). The maximum absolute atomic E-state index is 13.7. The zero-order valence-corrected chi connectivity index (χ0v) is 23.2. The average Bonchev–Trinajstić information content (AvgIpc) is 3.16. The number of hydrogen-bond acceptors (Lipinski definition) is 5. The van der Waals surface area contributed by atoms with Gasteiger partial charge >= 0.3 is 0 Å². The van der Waals surface area contributed by atoms with Crippen LogP contribution in [0.2, 0.25) is 10.0 Å². The maximum atomic E-state index is 13.7. The lowest BCUT2D eigenvalue weighted by molar-refractivity contribution is -0.125. The molecule has 5 aliphatic carbocycles. The van der Waals surface area contributed by atoms with E-state index in [0.717, 1.165) is 62.7 Å². The summed E-state index contributed by atoms with van der Waals surface area (Å²) in [4.78, 5) is 32.3. The monoisotopic (exact) mass is 560 g/mol. The van der Waals surface area contributed by atoms with Gasteiger partial charge in [0.15, 0.2) is 0 Å². The molecule has 1 atom stereocenters. The van der Waals surface area contributed by atoms with Crippen molar-refractivity contribution >= 4 is 57.5 Å². The molecule has 4 bridgehead atoms. The fourth-order valence-corrected chi connectivity index (χ4v) is 9.43. The summed E-state index contributed by atoms with van der Waals surface area (Å²) < 4.78 is 0. The molecule has 6 aliphatic rings. The molecule has 5 saturated carbocycles. The molecule has 0 unspecified atom stereocenters. The van der Waals surface area contributed by atoms with Gasteiger partial charge in [-0.15, -0.1) is 0 Å². The quantitative estimate of drug-likeness (QED) is 0.406. The van der Waals surface area contributed by atoms with E-state index >= 15 is 0 Å². The van der Waals surface area contributed by atoms with Crippen molar-refractivity contribution in [2.75, 3.05) is 5.32 Å². The SMILES string of the molecule is NC1=C(C(=O)Nc2c(Cl)cccc2Cl)C(=NC2CCCCC2)S[C@H]1C(=O)NC12CC3CC(CC(C3)C1)C2. The minimum atomic E-state index is -0.669. The van der Waals surface area contributed by atoms with Gasteiger partial charge in [-0.1, -0.05) is 60.3 Å². The maximum Gasteiger partial charge on any atom is 0.260 e. The first kappa shape index (κ1) is 25.6. The predicted molar refractivity (Wildman–Crippen MR) is 151 cm³/mol. The molecule has 6 nitrogen and oxygen atoms in total. The third-order valence-corrected chi connectivity index (χ3v) is 10.8. The minimum absolute atomic E-state index is 0.0978. The van der Waals surface area contributed by atoms with Crippen molar-refractivity contribution in [3.05, 3.63) is 39.5 Å². The summed E-state index contributed by atoms with van der Waals surface area (Å²) in [6, 6.07) is 5.20. The molecule has 1 aromatic carbocycles. The number of nitrogens with one attached hydrogen (secondary N) is 2. The van der Waals surface area contributed by atoms with Crippen LogP contribution < -0.4 is 16.4 Å². The van der Waals surface area contributed by atoms with Crippen molar-refractivity contribution in [2.24, 2.45) is 28.5 Å². The highest BCUT2D eigenvalue weighted by Gasteiger charge is 2.52. The highest BCUT2D eigenvalue weighted by Crippen LogP contribution is 2.55. The predicted octanol–water partition coefficient (Wildman–Crippen LogP) is 6.08. The molecule has 1 aromatic rings. The molecular weight excluding hydrogens is 527 g/mol. The number of thioether (sulfide) groups is 1. The van der Waals surface area contributed by atoms with E-state index in [1.165, 1.54) is 37.4 Å². The number of carbonyl (C=O) groups excluding carboxylic acids is 2. The molecule has 0 aromatic heterocycles. The molecule has 1 aliphatic heterocycles. The van der Waals surface area contributed by atoms with Crippen molar-refractivity contribution in [1.82, 2.24) is 5.32 Å². The summed E-state index contributed by atoms with van der Waals surface area (Å²) >= 11 is 13.9. The molecule has 4 N–H and O–H groups in total. The molecule has 198 valence electrons. The molecule has 2 amide bonds. The zero-order chi connectivity index (χ0) is 25.7. The van der Waals surface area contributed by atoms with E-state index in [1.807, 2.05) is 0 Å². The van der Waals surface area contributed by atoms with E-state index in [2.05, 4.69) is 10.6 Å². The Balaban J connectivity index is 1.27. The molecular formula is C28H34Cl2N4O2S. The molecule has 0 spiro atoms. The smallest absolute Gasteiger partial charge is 0.260 e. The Morgan fingerprint density at radius 1 is 0.973 bits per heavy atom. The van der Waals surface area contributed by atoms with E-state index in [-0.39, 0.29) is 28.8 Å².